The summed E-state index contributed by atoms with van der Waals surface area (Å²) < 4.78 is 0. The van der Waals surface area contributed by atoms with Crippen molar-refractivity contribution in [1.82, 2.24) is 5.32 Å². The smallest absolute Gasteiger partial charge is 0.00558 e. The van der Waals surface area contributed by atoms with Gasteiger partial charge in [0.25, 0.3) is 0 Å². The summed E-state index contributed by atoms with van der Waals surface area (Å²) in [6.07, 6.45) is 3.45. The number of nitrogens with two attached hydrogens (primary N) is 1. The quantitative estimate of drug-likeness (QED) is 0.640. The Bertz CT molecular complexity index is 149. The summed E-state index contributed by atoms with van der Waals surface area (Å²) in [6, 6.07) is 0.342. The Morgan fingerprint density at radius 2 is 1.87 bits per heavy atom. The molecule has 92 valence electrons. The number of rotatable bonds is 7. The van der Waals surface area contributed by atoms with Crippen molar-refractivity contribution in [3.8, 4) is 0 Å². The predicted octanol–water partition coefficient (Wildman–Crippen LogP) is 2.78. The zero-order valence-electron chi connectivity index (χ0n) is 11.3. The molecule has 2 heteroatoms. The van der Waals surface area contributed by atoms with E-state index in [9.17, 15) is 0 Å². The van der Waals surface area contributed by atoms with Gasteiger partial charge in [0.15, 0.2) is 0 Å². The van der Waals surface area contributed by atoms with Crippen LogP contribution in [0.25, 0.3) is 0 Å². The molecule has 0 saturated heterocycles. The van der Waals surface area contributed by atoms with Gasteiger partial charge in [0, 0.05) is 6.04 Å². The molecule has 0 spiro atoms. The van der Waals surface area contributed by atoms with Crippen molar-refractivity contribution >= 4 is 0 Å². The third-order valence-electron chi connectivity index (χ3n) is 2.76. The van der Waals surface area contributed by atoms with Crippen LogP contribution in [-0.2, 0) is 0 Å². The lowest BCUT2D eigenvalue weighted by atomic mass is 9.87. The van der Waals surface area contributed by atoms with Crippen molar-refractivity contribution in [2.45, 2.75) is 59.9 Å². The fourth-order valence-electron chi connectivity index (χ4n) is 1.67. The molecule has 0 aliphatic carbocycles. The second-order valence-corrected chi connectivity index (χ2v) is 6.03. The van der Waals surface area contributed by atoms with Crippen LogP contribution in [0.4, 0.5) is 0 Å². The zero-order chi connectivity index (χ0) is 11.9. The monoisotopic (exact) mass is 214 g/mol. The summed E-state index contributed by atoms with van der Waals surface area (Å²) in [7, 11) is 0. The molecule has 2 nitrogen and oxygen atoms in total. The first-order chi connectivity index (χ1) is 6.85. The molecule has 0 aromatic rings. The molecular weight excluding hydrogens is 184 g/mol. The first-order valence-electron chi connectivity index (χ1n) is 6.31. The van der Waals surface area contributed by atoms with E-state index in [0.29, 0.717) is 11.5 Å². The van der Waals surface area contributed by atoms with Gasteiger partial charge in [-0.1, -0.05) is 41.0 Å². The Morgan fingerprint density at radius 1 is 1.27 bits per heavy atom. The minimum absolute atomic E-state index is 0.342. The van der Waals surface area contributed by atoms with Crippen LogP contribution < -0.4 is 11.1 Å². The Kier molecular flexibility index (Phi) is 7.20. The molecule has 0 aromatic carbocycles. The fraction of sp³-hybridized carbons (Fsp3) is 1.00. The van der Waals surface area contributed by atoms with Crippen LogP contribution >= 0.6 is 0 Å². The van der Waals surface area contributed by atoms with Crippen molar-refractivity contribution < 1.29 is 0 Å². The summed E-state index contributed by atoms with van der Waals surface area (Å²) in [5.74, 6) is 0.781. The topological polar surface area (TPSA) is 38.0 Å². The molecule has 0 aromatic heterocycles. The molecule has 2 unspecified atom stereocenters. The van der Waals surface area contributed by atoms with Crippen molar-refractivity contribution in [3.63, 3.8) is 0 Å². The largest absolute Gasteiger partial charge is 0.328 e. The molecule has 3 N–H and O–H groups in total. The molecule has 15 heavy (non-hydrogen) atoms. The lowest BCUT2D eigenvalue weighted by Crippen LogP contribution is -2.31. The summed E-state index contributed by atoms with van der Waals surface area (Å²) in [4.78, 5) is 0. The van der Waals surface area contributed by atoms with E-state index in [0.717, 1.165) is 31.8 Å². The van der Waals surface area contributed by atoms with Gasteiger partial charge in [0.2, 0.25) is 0 Å². The molecule has 0 heterocycles. The molecule has 0 saturated carbocycles. The third-order valence-corrected chi connectivity index (χ3v) is 2.76. The summed E-state index contributed by atoms with van der Waals surface area (Å²) in [5, 5.41) is 3.47. The highest BCUT2D eigenvalue weighted by molar-refractivity contribution is 4.72. The van der Waals surface area contributed by atoms with E-state index in [1.165, 1.54) is 6.42 Å². The molecule has 0 bridgehead atoms. The van der Waals surface area contributed by atoms with E-state index in [2.05, 4.69) is 39.9 Å². The Hall–Kier alpha value is -0.0800. The van der Waals surface area contributed by atoms with Crippen LogP contribution in [0.1, 0.15) is 53.9 Å². The van der Waals surface area contributed by atoms with Crippen LogP contribution in [0.3, 0.4) is 0 Å². The van der Waals surface area contributed by atoms with Crippen molar-refractivity contribution in [2.24, 2.45) is 17.1 Å². The SMILES string of the molecule is CCC(C)CNCCC(N)CC(C)(C)C. The van der Waals surface area contributed by atoms with Crippen LogP contribution in [0.2, 0.25) is 0 Å². The summed E-state index contributed by atoms with van der Waals surface area (Å²) in [5.41, 5.74) is 6.43. The predicted molar refractivity (Wildman–Crippen MR) is 69.0 cm³/mol. The second kappa shape index (κ2) is 7.24. The van der Waals surface area contributed by atoms with Gasteiger partial charge in [-0.25, -0.2) is 0 Å². The van der Waals surface area contributed by atoms with E-state index in [4.69, 9.17) is 5.73 Å². The van der Waals surface area contributed by atoms with Crippen LogP contribution in [-0.4, -0.2) is 19.1 Å². The highest BCUT2D eigenvalue weighted by Gasteiger charge is 2.14. The number of hydrogen-bond donors (Lipinski definition) is 2. The van der Waals surface area contributed by atoms with Gasteiger partial charge in [-0.15, -0.1) is 0 Å². The van der Waals surface area contributed by atoms with Gasteiger partial charge < -0.3 is 11.1 Å². The average molecular weight is 214 g/mol. The van der Waals surface area contributed by atoms with Gasteiger partial charge in [-0.3, -0.25) is 0 Å². The molecule has 0 aliphatic rings. The van der Waals surface area contributed by atoms with Crippen molar-refractivity contribution in [1.29, 1.82) is 0 Å². The summed E-state index contributed by atoms with van der Waals surface area (Å²) >= 11 is 0. The maximum Gasteiger partial charge on any atom is 0.00558 e. The third kappa shape index (κ3) is 10.2. The van der Waals surface area contributed by atoms with Crippen LogP contribution in [0.5, 0.6) is 0 Å². The van der Waals surface area contributed by atoms with E-state index < -0.39 is 0 Å². The van der Waals surface area contributed by atoms with Crippen molar-refractivity contribution in [3.05, 3.63) is 0 Å². The second-order valence-electron chi connectivity index (χ2n) is 6.03. The standard InChI is InChI=1S/C13H30N2/c1-6-11(2)10-15-8-7-12(14)9-13(3,4)5/h11-12,15H,6-10,14H2,1-5H3. The van der Waals surface area contributed by atoms with Gasteiger partial charge >= 0.3 is 0 Å². The van der Waals surface area contributed by atoms with E-state index in [-0.39, 0.29) is 0 Å². The van der Waals surface area contributed by atoms with E-state index >= 15 is 0 Å². The molecule has 0 amide bonds. The minimum Gasteiger partial charge on any atom is -0.328 e. The Balaban J connectivity index is 3.43. The molecule has 0 aliphatic heterocycles. The molecule has 0 rings (SSSR count). The molecule has 2 atom stereocenters. The first-order valence-corrected chi connectivity index (χ1v) is 6.31. The molecule has 0 fully saturated rings. The first kappa shape index (κ1) is 14.9. The lowest BCUT2D eigenvalue weighted by molar-refractivity contribution is 0.327. The highest BCUT2D eigenvalue weighted by atomic mass is 14.9. The van der Waals surface area contributed by atoms with E-state index in [1.807, 2.05) is 0 Å². The fourth-order valence-corrected chi connectivity index (χ4v) is 1.67. The molecular formula is C13H30N2. The Labute approximate surface area is 96.0 Å². The number of nitrogens with one attached hydrogen (secondary N) is 1. The van der Waals surface area contributed by atoms with E-state index in [1.54, 1.807) is 0 Å². The van der Waals surface area contributed by atoms with Gasteiger partial charge in [0.05, 0.1) is 0 Å². The maximum atomic E-state index is 6.07. The minimum atomic E-state index is 0.342. The van der Waals surface area contributed by atoms with Gasteiger partial charge in [-0.05, 0) is 37.3 Å². The number of hydrogen-bond acceptors (Lipinski definition) is 2. The average Bonchev–Trinajstić information content (AvgIpc) is 2.09. The van der Waals surface area contributed by atoms with Crippen LogP contribution in [0.15, 0.2) is 0 Å². The summed E-state index contributed by atoms with van der Waals surface area (Å²) in [6.45, 7) is 13.4. The van der Waals surface area contributed by atoms with Crippen molar-refractivity contribution in [2.75, 3.05) is 13.1 Å². The molecule has 0 radical (unpaired) electrons. The maximum absolute atomic E-state index is 6.07. The lowest BCUT2D eigenvalue weighted by Gasteiger charge is -2.23. The van der Waals surface area contributed by atoms with Crippen LogP contribution in [0, 0.1) is 11.3 Å². The van der Waals surface area contributed by atoms with Gasteiger partial charge in [-0.2, -0.15) is 0 Å². The Morgan fingerprint density at radius 3 is 2.33 bits per heavy atom. The highest BCUT2D eigenvalue weighted by Crippen LogP contribution is 2.20. The normalized spacial score (nSPS) is 16.4. The van der Waals surface area contributed by atoms with Gasteiger partial charge in [0.1, 0.15) is 0 Å². The zero-order valence-corrected chi connectivity index (χ0v) is 11.3.